The summed E-state index contributed by atoms with van der Waals surface area (Å²) in [5.74, 6) is 0.107. The maximum absolute atomic E-state index is 12.9. The molecular weight excluding hydrogens is 330 g/mol. The molecule has 4 rings (SSSR count). The minimum atomic E-state index is -0.340. The van der Waals surface area contributed by atoms with Crippen molar-refractivity contribution in [2.45, 2.75) is 19.3 Å². The SMILES string of the molecule is CCOc1ccc([C@H]2CC(=O)N(c3ccccc3)C3=C2C(=O)OC3)cc1. The van der Waals surface area contributed by atoms with Crippen molar-refractivity contribution in [1.82, 2.24) is 0 Å². The number of nitrogens with zero attached hydrogens (tertiary/aromatic N) is 1. The molecule has 0 aliphatic carbocycles. The van der Waals surface area contributed by atoms with Crippen molar-refractivity contribution >= 4 is 17.6 Å². The standard InChI is InChI=1S/C21H19NO4/c1-2-25-16-10-8-14(9-11-16)17-12-19(23)22(15-6-4-3-5-7-15)18-13-26-21(24)20(17)18/h3-11,17H,2,12-13H2,1H3/t17-/m1/s1. The van der Waals surface area contributed by atoms with Gasteiger partial charge >= 0.3 is 5.97 Å². The fourth-order valence-electron chi connectivity index (χ4n) is 3.58. The van der Waals surface area contributed by atoms with Gasteiger partial charge < -0.3 is 9.47 Å². The number of anilines is 1. The monoisotopic (exact) mass is 349 g/mol. The topological polar surface area (TPSA) is 55.8 Å². The maximum atomic E-state index is 12.9. The zero-order valence-electron chi connectivity index (χ0n) is 14.5. The number of carbonyl (C=O) groups excluding carboxylic acids is 2. The van der Waals surface area contributed by atoms with E-state index in [2.05, 4.69) is 0 Å². The third kappa shape index (κ3) is 2.75. The fourth-order valence-corrected chi connectivity index (χ4v) is 3.58. The molecule has 1 amide bonds. The van der Waals surface area contributed by atoms with Crippen molar-refractivity contribution < 1.29 is 19.1 Å². The molecule has 26 heavy (non-hydrogen) atoms. The van der Waals surface area contributed by atoms with Crippen molar-refractivity contribution in [3.63, 3.8) is 0 Å². The van der Waals surface area contributed by atoms with Crippen LogP contribution in [0.4, 0.5) is 5.69 Å². The van der Waals surface area contributed by atoms with Crippen LogP contribution in [0, 0.1) is 0 Å². The Labute approximate surface area is 151 Å². The Morgan fingerprint density at radius 1 is 1.08 bits per heavy atom. The molecule has 2 aliphatic rings. The van der Waals surface area contributed by atoms with E-state index >= 15 is 0 Å². The lowest BCUT2D eigenvalue weighted by atomic mass is 9.84. The fraction of sp³-hybridized carbons (Fsp3) is 0.238. The van der Waals surface area contributed by atoms with Crippen LogP contribution in [-0.4, -0.2) is 25.1 Å². The van der Waals surface area contributed by atoms with Crippen molar-refractivity contribution in [2.24, 2.45) is 0 Å². The van der Waals surface area contributed by atoms with Crippen molar-refractivity contribution in [3.05, 3.63) is 71.4 Å². The van der Waals surface area contributed by atoms with E-state index in [0.717, 1.165) is 17.0 Å². The minimum absolute atomic E-state index is 0.0351. The van der Waals surface area contributed by atoms with Crippen LogP contribution in [-0.2, 0) is 14.3 Å². The Morgan fingerprint density at radius 2 is 1.81 bits per heavy atom. The molecule has 2 aromatic rings. The number of hydrogen-bond donors (Lipinski definition) is 0. The number of ether oxygens (including phenoxy) is 2. The van der Waals surface area contributed by atoms with Crippen LogP contribution in [0.5, 0.6) is 5.75 Å². The Bertz CT molecular complexity index is 871. The largest absolute Gasteiger partial charge is 0.494 e. The van der Waals surface area contributed by atoms with Crippen molar-refractivity contribution in [3.8, 4) is 5.75 Å². The van der Waals surface area contributed by atoms with E-state index in [9.17, 15) is 9.59 Å². The molecule has 2 heterocycles. The number of cyclic esters (lactones) is 1. The second kappa shape index (κ2) is 6.67. The van der Waals surface area contributed by atoms with Crippen LogP contribution in [0.25, 0.3) is 0 Å². The number of hydrogen-bond acceptors (Lipinski definition) is 4. The third-order valence-electron chi connectivity index (χ3n) is 4.73. The second-order valence-corrected chi connectivity index (χ2v) is 6.26. The number of amides is 1. The van der Waals surface area contributed by atoms with E-state index in [1.807, 2.05) is 61.5 Å². The summed E-state index contributed by atoms with van der Waals surface area (Å²) < 4.78 is 10.8. The number of esters is 1. The number of benzene rings is 2. The molecule has 0 spiro atoms. The quantitative estimate of drug-likeness (QED) is 0.794. The highest BCUT2D eigenvalue weighted by molar-refractivity contribution is 6.06. The zero-order chi connectivity index (χ0) is 18.1. The van der Waals surface area contributed by atoms with E-state index < -0.39 is 0 Å². The van der Waals surface area contributed by atoms with Crippen molar-refractivity contribution in [2.75, 3.05) is 18.1 Å². The van der Waals surface area contributed by atoms with Crippen LogP contribution in [0.15, 0.2) is 65.9 Å². The third-order valence-corrected chi connectivity index (χ3v) is 4.73. The van der Waals surface area contributed by atoms with E-state index in [1.54, 1.807) is 4.90 Å². The highest BCUT2D eigenvalue weighted by atomic mass is 16.5. The average Bonchev–Trinajstić information content (AvgIpc) is 3.04. The Hall–Kier alpha value is -3.08. The van der Waals surface area contributed by atoms with Gasteiger partial charge in [-0.15, -0.1) is 0 Å². The smallest absolute Gasteiger partial charge is 0.336 e. The van der Waals surface area contributed by atoms with E-state index in [4.69, 9.17) is 9.47 Å². The molecule has 5 heteroatoms. The lowest BCUT2D eigenvalue weighted by Crippen LogP contribution is -2.37. The molecule has 5 nitrogen and oxygen atoms in total. The zero-order valence-corrected chi connectivity index (χ0v) is 14.5. The summed E-state index contributed by atoms with van der Waals surface area (Å²) in [6.45, 7) is 2.65. The van der Waals surface area contributed by atoms with Gasteiger partial charge in [0.1, 0.15) is 12.4 Å². The number of para-hydroxylation sites is 1. The minimum Gasteiger partial charge on any atom is -0.494 e. The predicted molar refractivity (Wildman–Crippen MR) is 96.9 cm³/mol. The first-order valence-corrected chi connectivity index (χ1v) is 8.70. The van der Waals surface area contributed by atoms with Gasteiger partial charge in [-0.3, -0.25) is 9.69 Å². The lowest BCUT2D eigenvalue weighted by molar-refractivity contribution is -0.136. The molecule has 132 valence electrons. The van der Waals surface area contributed by atoms with Gasteiger partial charge in [-0.05, 0) is 36.8 Å². The molecule has 0 radical (unpaired) electrons. The molecule has 2 aliphatic heterocycles. The van der Waals surface area contributed by atoms with Crippen LogP contribution >= 0.6 is 0 Å². The first-order valence-electron chi connectivity index (χ1n) is 8.70. The normalized spacial score (nSPS) is 19.4. The Kier molecular flexibility index (Phi) is 4.21. The highest BCUT2D eigenvalue weighted by Gasteiger charge is 2.42. The van der Waals surface area contributed by atoms with Gasteiger partial charge in [0.15, 0.2) is 0 Å². The predicted octanol–water partition coefficient (Wildman–Crippen LogP) is 3.42. The second-order valence-electron chi connectivity index (χ2n) is 6.26. The average molecular weight is 349 g/mol. The molecule has 1 atom stereocenters. The summed E-state index contributed by atoms with van der Waals surface area (Å²) in [5.41, 5.74) is 2.91. The van der Waals surface area contributed by atoms with Crippen LogP contribution in [0.2, 0.25) is 0 Å². The summed E-state index contributed by atoms with van der Waals surface area (Å²) in [6.07, 6.45) is 0.233. The van der Waals surface area contributed by atoms with Crippen LogP contribution in [0.1, 0.15) is 24.8 Å². The lowest BCUT2D eigenvalue weighted by Gasteiger charge is -2.31. The maximum Gasteiger partial charge on any atom is 0.336 e. The molecule has 0 bridgehead atoms. The van der Waals surface area contributed by atoms with E-state index in [-0.39, 0.29) is 30.8 Å². The van der Waals surface area contributed by atoms with Gasteiger partial charge in [0.05, 0.1) is 17.9 Å². The van der Waals surface area contributed by atoms with Gasteiger partial charge in [0.25, 0.3) is 0 Å². The summed E-state index contributed by atoms with van der Waals surface area (Å²) in [4.78, 5) is 26.9. The first kappa shape index (κ1) is 16.4. The number of carbonyl (C=O) groups is 2. The molecule has 0 saturated heterocycles. The number of rotatable bonds is 4. The van der Waals surface area contributed by atoms with Gasteiger partial charge in [0.2, 0.25) is 5.91 Å². The van der Waals surface area contributed by atoms with Gasteiger partial charge in [-0.25, -0.2) is 4.79 Å². The van der Waals surface area contributed by atoms with Gasteiger partial charge in [-0.2, -0.15) is 0 Å². The van der Waals surface area contributed by atoms with Crippen molar-refractivity contribution in [1.29, 1.82) is 0 Å². The molecule has 0 unspecified atom stereocenters. The van der Waals surface area contributed by atoms with E-state index in [0.29, 0.717) is 17.9 Å². The van der Waals surface area contributed by atoms with Gasteiger partial charge in [0, 0.05) is 18.0 Å². The van der Waals surface area contributed by atoms with Gasteiger partial charge in [-0.1, -0.05) is 30.3 Å². The summed E-state index contributed by atoms with van der Waals surface area (Å²) in [6, 6.07) is 16.9. The van der Waals surface area contributed by atoms with Crippen LogP contribution < -0.4 is 9.64 Å². The van der Waals surface area contributed by atoms with E-state index in [1.165, 1.54) is 0 Å². The van der Waals surface area contributed by atoms with Crippen LogP contribution in [0.3, 0.4) is 0 Å². The molecule has 0 fully saturated rings. The Balaban J connectivity index is 1.75. The molecule has 2 aromatic carbocycles. The Morgan fingerprint density at radius 3 is 2.50 bits per heavy atom. The molecule has 0 aromatic heterocycles. The first-order chi connectivity index (χ1) is 12.7. The molecule has 0 N–H and O–H groups in total. The molecule has 0 saturated carbocycles. The summed E-state index contributed by atoms with van der Waals surface area (Å²) in [5, 5.41) is 0. The summed E-state index contributed by atoms with van der Waals surface area (Å²) in [7, 11) is 0. The molecular formula is C21H19NO4. The summed E-state index contributed by atoms with van der Waals surface area (Å²) >= 11 is 0. The highest BCUT2D eigenvalue weighted by Crippen LogP contribution is 2.42.